The Bertz CT molecular complexity index is 427. The van der Waals surface area contributed by atoms with Gasteiger partial charge in [-0.3, -0.25) is 4.79 Å². The van der Waals surface area contributed by atoms with Gasteiger partial charge in [-0.1, -0.05) is 29.8 Å². The van der Waals surface area contributed by atoms with Crippen LogP contribution in [0, 0.1) is 12.8 Å². The van der Waals surface area contributed by atoms with Crippen LogP contribution in [0.15, 0.2) is 24.3 Å². The van der Waals surface area contributed by atoms with Gasteiger partial charge in [0.05, 0.1) is 0 Å². The van der Waals surface area contributed by atoms with Gasteiger partial charge < -0.3 is 10.6 Å². The highest BCUT2D eigenvalue weighted by Gasteiger charge is 2.30. The summed E-state index contributed by atoms with van der Waals surface area (Å²) < 4.78 is 0. The first kappa shape index (κ1) is 14.1. The van der Waals surface area contributed by atoms with E-state index in [0.717, 1.165) is 19.4 Å². The second-order valence-corrected chi connectivity index (χ2v) is 5.72. The van der Waals surface area contributed by atoms with Gasteiger partial charge in [0.1, 0.15) is 0 Å². The summed E-state index contributed by atoms with van der Waals surface area (Å²) in [6.07, 6.45) is 2.48. The first-order chi connectivity index (χ1) is 9.10. The van der Waals surface area contributed by atoms with E-state index < -0.39 is 0 Å². The Hall–Kier alpha value is -1.35. The smallest absolute Gasteiger partial charge is 0.223 e. The molecule has 0 radical (unpaired) electrons. The van der Waals surface area contributed by atoms with Crippen molar-refractivity contribution in [3.8, 4) is 0 Å². The van der Waals surface area contributed by atoms with Crippen molar-refractivity contribution in [3.63, 3.8) is 0 Å². The molecule has 2 N–H and O–H groups in total. The minimum atomic E-state index is 0.268. The van der Waals surface area contributed by atoms with Crippen LogP contribution in [0.3, 0.4) is 0 Å². The summed E-state index contributed by atoms with van der Waals surface area (Å²) in [7, 11) is 0. The van der Waals surface area contributed by atoms with Crippen molar-refractivity contribution in [2.75, 3.05) is 13.1 Å². The molecule has 1 aliphatic heterocycles. The van der Waals surface area contributed by atoms with Crippen LogP contribution < -0.4 is 5.73 Å². The Morgan fingerprint density at radius 2 is 2.05 bits per heavy atom. The first-order valence-corrected chi connectivity index (χ1v) is 7.15. The second-order valence-electron chi connectivity index (χ2n) is 5.72. The van der Waals surface area contributed by atoms with Crippen molar-refractivity contribution in [3.05, 3.63) is 35.4 Å². The third kappa shape index (κ3) is 3.57. The molecule has 19 heavy (non-hydrogen) atoms. The Labute approximate surface area is 115 Å². The van der Waals surface area contributed by atoms with Crippen molar-refractivity contribution in [2.24, 2.45) is 11.7 Å². The highest BCUT2D eigenvalue weighted by atomic mass is 16.2. The molecule has 0 spiro atoms. The van der Waals surface area contributed by atoms with Gasteiger partial charge >= 0.3 is 0 Å². The number of likely N-dealkylation sites (tertiary alicyclic amines) is 1. The lowest BCUT2D eigenvalue weighted by Gasteiger charge is -2.21. The van der Waals surface area contributed by atoms with Crippen molar-refractivity contribution >= 4 is 5.91 Å². The lowest BCUT2D eigenvalue weighted by atomic mass is 10.1. The summed E-state index contributed by atoms with van der Waals surface area (Å²) in [5, 5.41) is 0. The van der Waals surface area contributed by atoms with Gasteiger partial charge in [-0.25, -0.2) is 0 Å². The van der Waals surface area contributed by atoms with E-state index in [4.69, 9.17) is 5.73 Å². The average molecular weight is 260 g/mol. The Morgan fingerprint density at radius 1 is 1.37 bits per heavy atom. The molecule has 0 bridgehead atoms. The zero-order chi connectivity index (χ0) is 13.8. The van der Waals surface area contributed by atoms with Gasteiger partial charge in [0.15, 0.2) is 0 Å². The number of aryl methyl sites for hydroxylation is 2. The SMILES string of the molecule is Cc1ccc(CCC(=O)N2CC(CN)CC2C)cc1. The molecule has 3 nitrogen and oxygen atoms in total. The van der Waals surface area contributed by atoms with Crippen LogP contribution in [0.5, 0.6) is 0 Å². The van der Waals surface area contributed by atoms with Crippen LogP contribution in [-0.2, 0) is 11.2 Å². The molecule has 1 aromatic rings. The first-order valence-electron chi connectivity index (χ1n) is 7.15. The molecule has 3 heteroatoms. The average Bonchev–Trinajstić information content (AvgIpc) is 2.79. The number of rotatable bonds is 4. The molecule has 0 saturated carbocycles. The molecule has 1 amide bonds. The minimum absolute atomic E-state index is 0.268. The number of benzene rings is 1. The standard InChI is InChI=1S/C16H24N2O/c1-12-3-5-14(6-4-12)7-8-16(19)18-11-15(10-17)9-13(18)2/h3-6,13,15H,7-11,17H2,1-2H3. The van der Waals surface area contributed by atoms with Crippen molar-refractivity contribution in [1.29, 1.82) is 0 Å². The van der Waals surface area contributed by atoms with E-state index in [9.17, 15) is 4.79 Å². The van der Waals surface area contributed by atoms with Gasteiger partial charge in [-0.2, -0.15) is 0 Å². The molecule has 1 fully saturated rings. The molecule has 0 aromatic heterocycles. The fourth-order valence-corrected chi connectivity index (χ4v) is 2.81. The molecule has 1 saturated heterocycles. The second kappa shape index (κ2) is 6.20. The summed E-state index contributed by atoms with van der Waals surface area (Å²) in [5.74, 6) is 0.752. The molecule has 2 atom stereocenters. The summed E-state index contributed by atoms with van der Waals surface area (Å²) in [4.78, 5) is 14.2. The van der Waals surface area contributed by atoms with Gasteiger partial charge in [-0.05, 0) is 44.7 Å². The Morgan fingerprint density at radius 3 is 2.63 bits per heavy atom. The number of nitrogens with two attached hydrogens (primary N) is 1. The summed E-state index contributed by atoms with van der Waals surface area (Å²) >= 11 is 0. The van der Waals surface area contributed by atoms with E-state index >= 15 is 0 Å². The van der Waals surface area contributed by atoms with Crippen LogP contribution in [0.4, 0.5) is 0 Å². The molecular weight excluding hydrogens is 236 g/mol. The quantitative estimate of drug-likeness (QED) is 0.901. The maximum atomic E-state index is 12.2. The van der Waals surface area contributed by atoms with Gasteiger partial charge in [0.25, 0.3) is 0 Å². The highest BCUT2D eigenvalue weighted by molar-refractivity contribution is 5.77. The maximum absolute atomic E-state index is 12.2. The van der Waals surface area contributed by atoms with E-state index in [1.54, 1.807) is 0 Å². The van der Waals surface area contributed by atoms with Gasteiger partial charge in [0.2, 0.25) is 5.91 Å². The largest absolute Gasteiger partial charge is 0.340 e. The fraction of sp³-hybridized carbons (Fsp3) is 0.562. The molecule has 2 unspecified atom stereocenters. The van der Waals surface area contributed by atoms with Crippen molar-refractivity contribution in [1.82, 2.24) is 4.90 Å². The van der Waals surface area contributed by atoms with Crippen molar-refractivity contribution < 1.29 is 4.79 Å². The fourth-order valence-electron chi connectivity index (χ4n) is 2.81. The molecule has 2 rings (SSSR count). The molecule has 1 aromatic carbocycles. The molecule has 104 valence electrons. The normalized spacial score (nSPS) is 22.8. The lowest BCUT2D eigenvalue weighted by Crippen LogP contribution is -2.34. The maximum Gasteiger partial charge on any atom is 0.223 e. The number of hydrogen-bond acceptors (Lipinski definition) is 2. The van der Waals surface area contributed by atoms with Gasteiger partial charge in [0, 0.05) is 19.0 Å². The number of nitrogens with zero attached hydrogens (tertiary/aromatic N) is 1. The number of carbonyl (C=O) groups is 1. The summed E-state index contributed by atoms with van der Waals surface area (Å²) in [6, 6.07) is 8.77. The molecule has 1 heterocycles. The van der Waals surface area contributed by atoms with E-state index in [1.807, 2.05) is 4.90 Å². The predicted molar refractivity (Wildman–Crippen MR) is 77.8 cm³/mol. The predicted octanol–water partition coefficient (Wildman–Crippen LogP) is 2.12. The zero-order valence-corrected chi connectivity index (χ0v) is 11.9. The van der Waals surface area contributed by atoms with E-state index in [2.05, 4.69) is 38.1 Å². The molecule has 1 aliphatic rings. The van der Waals surface area contributed by atoms with Crippen LogP contribution in [0.2, 0.25) is 0 Å². The van der Waals surface area contributed by atoms with Crippen LogP contribution >= 0.6 is 0 Å². The monoisotopic (exact) mass is 260 g/mol. The van der Waals surface area contributed by atoms with Gasteiger partial charge in [-0.15, -0.1) is 0 Å². The summed E-state index contributed by atoms with van der Waals surface area (Å²) in [6.45, 7) is 5.73. The van der Waals surface area contributed by atoms with Crippen LogP contribution in [-0.4, -0.2) is 29.9 Å². The third-order valence-corrected chi connectivity index (χ3v) is 4.06. The van der Waals surface area contributed by atoms with Crippen LogP contribution in [0.25, 0.3) is 0 Å². The molecular formula is C16H24N2O. The van der Waals surface area contributed by atoms with E-state index in [-0.39, 0.29) is 5.91 Å². The number of amides is 1. The van der Waals surface area contributed by atoms with E-state index in [1.165, 1.54) is 11.1 Å². The Balaban J connectivity index is 1.86. The third-order valence-electron chi connectivity index (χ3n) is 4.06. The topological polar surface area (TPSA) is 46.3 Å². The van der Waals surface area contributed by atoms with Crippen LogP contribution in [0.1, 0.15) is 30.9 Å². The minimum Gasteiger partial charge on any atom is -0.340 e. The zero-order valence-electron chi connectivity index (χ0n) is 11.9. The summed E-state index contributed by atoms with van der Waals surface area (Å²) in [5.41, 5.74) is 8.20. The molecule has 0 aliphatic carbocycles. The lowest BCUT2D eigenvalue weighted by molar-refractivity contribution is -0.131. The van der Waals surface area contributed by atoms with E-state index in [0.29, 0.717) is 24.9 Å². The van der Waals surface area contributed by atoms with Crippen molar-refractivity contribution in [2.45, 2.75) is 39.2 Å². The highest BCUT2D eigenvalue weighted by Crippen LogP contribution is 2.23. The number of carbonyl (C=O) groups excluding carboxylic acids is 1. The number of hydrogen-bond donors (Lipinski definition) is 1. The Kier molecular flexibility index (Phi) is 4.59.